The number of ether oxygens (including phenoxy) is 1. The van der Waals surface area contributed by atoms with Gasteiger partial charge in [-0.15, -0.1) is 6.42 Å². The number of nitrogens with zero attached hydrogens (tertiary/aromatic N) is 1. The zero-order valence-electron chi connectivity index (χ0n) is 24.8. The molecule has 222 valence electrons. The number of hydrogen-bond donors (Lipinski definition) is 3. The second kappa shape index (κ2) is 17.4. The van der Waals surface area contributed by atoms with E-state index in [1.54, 1.807) is 49.9 Å². The average molecular weight is 580 g/mol. The summed E-state index contributed by atoms with van der Waals surface area (Å²) in [4.78, 5) is 42.0. The van der Waals surface area contributed by atoms with E-state index < -0.39 is 29.7 Å². The highest BCUT2D eigenvalue weighted by molar-refractivity contribution is 7.80. The Morgan fingerprint density at radius 2 is 1.61 bits per heavy atom. The van der Waals surface area contributed by atoms with Gasteiger partial charge in [0.2, 0.25) is 11.8 Å². The Labute approximate surface area is 251 Å². The fourth-order valence-corrected chi connectivity index (χ4v) is 4.63. The van der Waals surface area contributed by atoms with Crippen LogP contribution in [-0.2, 0) is 20.9 Å². The first-order valence-electron chi connectivity index (χ1n) is 14.4. The molecule has 0 spiro atoms. The molecule has 0 aliphatic carbocycles. The van der Waals surface area contributed by atoms with E-state index in [1.807, 2.05) is 30.3 Å². The molecule has 2 atom stereocenters. The lowest BCUT2D eigenvalue weighted by atomic mass is 10.0. The van der Waals surface area contributed by atoms with Gasteiger partial charge in [0.25, 0.3) is 0 Å². The molecule has 0 fully saturated rings. The molecule has 0 radical (unpaired) electrons. The van der Waals surface area contributed by atoms with E-state index in [4.69, 9.17) is 11.2 Å². The topological polar surface area (TPSA) is 87.7 Å². The maximum absolute atomic E-state index is 14.1. The van der Waals surface area contributed by atoms with E-state index in [0.717, 1.165) is 37.7 Å². The Balaban J connectivity index is 2.40. The van der Waals surface area contributed by atoms with Crippen LogP contribution in [0.3, 0.4) is 0 Å². The van der Waals surface area contributed by atoms with Crippen LogP contribution in [0.25, 0.3) is 0 Å². The minimum Gasteiger partial charge on any atom is -0.444 e. The summed E-state index contributed by atoms with van der Waals surface area (Å²) >= 11 is 4.37. The number of nitrogens with one attached hydrogen (secondary N) is 2. The molecule has 0 aliphatic rings. The van der Waals surface area contributed by atoms with E-state index >= 15 is 0 Å². The lowest BCUT2D eigenvalue weighted by Gasteiger charge is -2.34. The zero-order valence-corrected chi connectivity index (χ0v) is 25.7. The predicted octanol–water partition coefficient (Wildman–Crippen LogP) is 6.04. The van der Waals surface area contributed by atoms with Crippen molar-refractivity contribution >= 4 is 30.5 Å². The summed E-state index contributed by atoms with van der Waals surface area (Å²) < 4.78 is 5.39. The van der Waals surface area contributed by atoms with E-state index in [-0.39, 0.29) is 11.7 Å². The molecule has 2 N–H and O–H groups in total. The number of carbonyl (C=O) groups is 3. The van der Waals surface area contributed by atoms with Gasteiger partial charge in [0.05, 0.1) is 0 Å². The molecule has 41 heavy (non-hydrogen) atoms. The minimum absolute atomic E-state index is 0.0411. The molecule has 7 nitrogen and oxygen atoms in total. The summed E-state index contributed by atoms with van der Waals surface area (Å²) in [7, 11) is 0. The SMILES string of the molecule is C#Cc1ccc(C(C(=O)NCc2ccccc2)N(CCCCCCCC)C(=O)C(CS)NC(=O)OC(C)(C)C)cc1. The molecule has 2 aromatic carbocycles. The molecule has 0 saturated carbocycles. The van der Waals surface area contributed by atoms with Crippen LogP contribution in [0.5, 0.6) is 0 Å². The van der Waals surface area contributed by atoms with Crippen molar-refractivity contribution in [2.24, 2.45) is 0 Å². The van der Waals surface area contributed by atoms with Crippen LogP contribution in [-0.4, -0.2) is 46.7 Å². The third kappa shape index (κ3) is 11.9. The standard InChI is InChI=1S/C33H45N3O4S/c1-6-8-9-10-11-15-22-36(31(38)28(24-41)35-32(39)40-33(3,4)5)29(27-20-18-25(7-2)19-21-27)30(37)34-23-26-16-13-12-14-17-26/h2,12-14,16-21,28-29,41H,6,8-11,15,22-24H2,1,3-5H3,(H,34,37)(H,35,39). The number of carbonyl (C=O) groups excluding carboxylic acids is 3. The van der Waals surface area contributed by atoms with E-state index in [2.05, 4.69) is 36.1 Å². The number of hydrogen-bond acceptors (Lipinski definition) is 5. The maximum Gasteiger partial charge on any atom is 0.408 e. The van der Waals surface area contributed by atoms with Crippen LogP contribution < -0.4 is 10.6 Å². The van der Waals surface area contributed by atoms with Gasteiger partial charge in [-0.25, -0.2) is 4.79 Å². The van der Waals surface area contributed by atoms with Gasteiger partial charge in [-0.1, -0.05) is 87.4 Å². The van der Waals surface area contributed by atoms with Crippen molar-refractivity contribution in [3.05, 3.63) is 71.3 Å². The van der Waals surface area contributed by atoms with Crippen molar-refractivity contribution in [1.82, 2.24) is 15.5 Å². The van der Waals surface area contributed by atoms with Crippen LogP contribution in [0.2, 0.25) is 0 Å². The predicted molar refractivity (Wildman–Crippen MR) is 168 cm³/mol. The number of amides is 3. The maximum atomic E-state index is 14.1. The fraction of sp³-hybridized carbons (Fsp3) is 0.485. The van der Waals surface area contributed by atoms with Crippen LogP contribution in [0.4, 0.5) is 4.79 Å². The van der Waals surface area contributed by atoms with Gasteiger partial charge in [-0.2, -0.15) is 12.6 Å². The Kier molecular flexibility index (Phi) is 14.3. The number of terminal acetylenes is 1. The third-order valence-corrected chi connectivity index (χ3v) is 6.84. The van der Waals surface area contributed by atoms with Gasteiger partial charge < -0.3 is 20.3 Å². The Bertz CT molecular complexity index is 1140. The van der Waals surface area contributed by atoms with E-state index in [9.17, 15) is 14.4 Å². The van der Waals surface area contributed by atoms with Crippen LogP contribution in [0.15, 0.2) is 54.6 Å². The van der Waals surface area contributed by atoms with Gasteiger partial charge >= 0.3 is 6.09 Å². The second-order valence-electron chi connectivity index (χ2n) is 11.1. The lowest BCUT2D eigenvalue weighted by Crippen LogP contribution is -2.54. The van der Waals surface area contributed by atoms with Gasteiger partial charge in [-0.3, -0.25) is 9.59 Å². The number of unbranched alkanes of at least 4 members (excludes halogenated alkanes) is 5. The smallest absolute Gasteiger partial charge is 0.408 e. The quantitative estimate of drug-likeness (QED) is 0.136. The molecule has 0 aromatic heterocycles. The van der Waals surface area contributed by atoms with Crippen molar-refractivity contribution < 1.29 is 19.1 Å². The lowest BCUT2D eigenvalue weighted by molar-refractivity contribution is -0.142. The number of rotatable bonds is 15. The van der Waals surface area contributed by atoms with Crippen LogP contribution in [0.1, 0.15) is 89.0 Å². The summed E-state index contributed by atoms with van der Waals surface area (Å²) in [5.41, 5.74) is 1.51. The van der Waals surface area contributed by atoms with Gasteiger partial charge in [0.15, 0.2) is 0 Å². The van der Waals surface area contributed by atoms with Gasteiger partial charge in [0, 0.05) is 24.4 Å². The molecular weight excluding hydrogens is 534 g/mol. The van der Waals surface area contributed by atoms with Crippen molar-refractivity contribution in [2.75, 3.05) is 12.3 Å². The minimum atomic E-state index is -0.984. The highest BCUT2D eigenvalue weighted by Crippen LogP contribution is 2.25. The summed E-state index contributed by atoms with van der Waals surface area (Å²) in [6.07, 6.45) is 11.0. The molecule has 2 rings (SSSR count). The largest absolute Gasteiger partial charge is 0.444 e. The van der Waals surface area contributed by atoms with Crippen molar-refractivity contribution in [2.45, 2.75) is 90.4 Å². The molecule has 0 aliphatic heterocycles. The normalized spacial score (nSPS) is 12.5. The zero-order chi connectivity index (χ0) is 30.3. The first-order chi connectivity index (χ1) is 19.6. The molecule has 3 amide bonds. The first-order valence-corrected chi connectivity index (χ1v) is 15.0. The molecule has 0 heterocycles. The first kappa shape index (κ1) is 33.8. The van der Waals surface area contributed by atoms with Crippen molar-refractivity contribution in [3.8, 4) is 12.3 Å². The number of benzene rings is 2. The number of thiol groups is 1. The molecule has 8 heteroatoms. The van der Waals surface area contributed by atoms with Crippen molar-refractivity contribution in [1.29, 1.82) is 0 Å². The van der Waals surface area contributed by atoms with Gasteiger partial charge in [-0.05, 0) is 50.5 Å². The molecule has 0 saturated heterocycles. The molecular formula is C33H45N3O4S. The Morgan fingerprint density at radius 3 is 2.20 bits per heavy atom. The molecule has 2 unspecified atom stereocenters. The fourth-order valence-electron chi connectivity index (χ4n) is 4.38. The summed E-state index contributed by atoms with van der Waals surface area (Å²) in [5.74, 6) is 1.91. The monoisotopic (exact) mass is 579 g/mol. The molecule has 0 bridgehead atoms. The van der Waals surface area contributed by atoms with Crippen LogP contribution >= 0.6 is 12.6 Å². The number of alkyl carbamates (subject to hydrolysis) is 1. The van der Waals surface area contributed by atoms with Crippen molar-refractivity contribution in [3.63, 3.8) is 0 Å². The second-order valence-corrected chi connectivity index (χ2v) is 11.4. The Hall–Kier alpha value is -3.44. The summed E-state index contributed by atoms with van der Waals surface area (Å²) in [6, 6.07) is 14.7. The summed E-state index contributed by atoms with van der Waals surface area (Å²) in [5, 5.41) is 5.66. The Morgan fingerprint density at radius 1 is 0.976 bits per heavy atom. The van der Waals surface area contributed by atoms with Gasteiger partial charge in [0.1, 0.15) is 17.7 Å². The average Bonchev–Trinajstić information content (AvgIpc) is 2.95. The molecule has 2 aromatic rings. The van der Waals surface area contributed by atoms with Crippen LogP contribution in [0, 0.1) is 12.3 Å². The highest BCUT2D eigenvalue weighted by atomic mass is 32.1. The summed E-state index contributed by atoms with van der Waals surface area (Å²) in [6.45, 7) is 8.07. The van der Waals surface area contributed by atoms with E-state index in [1.165, 1.54) is 0 Å². The third-order valence-electron chi connectivity index (χ3n) is 6.47. The van der Waals surface area contributed by atoms with E-state index in [0.29, 0.717) is 30.6 Å². The highest BCUT2D eigenvalue weighted by Gasteiger charge is 2.35.